The number of benzene rings is 2. The van der Waals surface area contributed by atoms with Crippen LogP contribution in [0.4, 0.5) is 0 Å². The van der Waals surface area contributed by atoms with Crippen molar-refractivity contribution in [1.82, 2.24) is 0 Å². The van der Waals surface area contributed by atoms with Gasteiger partial charge in [0.15, 0.2) is 0 Å². The van der Waals surface area contributed by atoms with Crippen LogP contribution >= 0.6 is 0 Å². The van der Waals surface area contributed by atoms with Crippen LogP contribution in [0.15, 0.2) is 60.7 Å². The van der Waals surface area contributed by atoms with E-state index in [0.717, 1.165) is 26.0 Å². The van der Waals surface area contributed by atoms with Crippen LogP contribution in [0.1, 0.15) is 28.4 Å². The second-order valence-electron chi connectivity index (χ2n) is 6.34. The summed E-state index contributed by atoms with van der Waals surface area (Å²) in [5.41, 5.74) is 5.53. The molecule has 28 heavy (non-hydrogen) atoms. The molecule has 0 atom stereocenters. The molecule has 3 rings (SSSR count). The Morgan fingerprint density at radius 1 is 1.07 bits per heavy atom. The molecule has 0 amide bonds. The molecule has 2 aromatic carbocycles. The van der Waals surface area contributed by atoms with Gasteiger partial charge in [0, 0.05) is 6.08 Å². The van der Waals surface area contributed by atoms with E-state index in [9.17, 15) is 14.7 Å². The molecular weight excluding hydrogens is 358 g/mol. The summed E-state index contributed by atoms with van der Waals surface area (Å²) in [5.74, 6) is -2.80. The Bertz CT molecular complexity index is 768. The zero-order valence-corrected chi connectivity index (χ0v) is 15.8. The number of hydrogen-bond donors (Lipinski definition) is 2. The number of hydrogen-bond acceptors (Lipinski definition) is 4. The van der Waals surface area contributed by atoms with E-state index in [2.05, 4.69) is 60.9 Å². The van der Waals surface area contributed by atoms with Gasteiger partial charge < -0.3 is 25.1 Å². The second kappa shape index (κ2) is 11.0. The lowest BCUT2D eigenvalue weighted by atomic mass is 9.97. The van der Waals surface area contributed by atoms with Gasteiger partial charge in [0.1, 0.15) is 6.10 Å². The number of rotatable bonds is 6. The summed E-state index contributed by atoms with van der Waals surface area (Å²) in [7, 11) is 2.08. The summed E-state index contributed by atoms with van der Waals surface area (Å²) < 4.78 is 6.23. The number of ether oxygens (including phenoxy) is 1. The van der Waals surface area contributed by atoms with Gasteiger partial charge in [0.2, 0.25) is 0 Å². The molecule has 0 aliphatic heterocycles. The minimum absolute atomic E-state index is 0.0878. The van der Waals surface area contributed by atoms with Crippen molar-refractivity contribution in [3.05, 3.63) is 82.9 Å². The fourth-order valence-electron chi connectivity index (χ4n) is 3.09. The lowest BCUT2D eigenvalue weighted by Gasteiger charge is -2.20. The van der Waals surface area contributed by atoms with Crippen LogP contribution in [0.25, 0.3) is 0 Å². The summed E-state index contributed by atoms with van der Waals surface area (Å²) >= 11 is 0. The maximum Gasteiger partial charge on any atom is 0.328 e. The minimum atomic E-state index is -1.51. The molecule has 0 saturated heterocycles. The van der Waals surface area contributed by atoms with Gasteiger partial charge in [0.05, 0.1) is 26.2 Å². The van der Waals surface area contributed by atoms with E-state index in [0.29, 0.717) is 12.2 Å². The van der Waals surface area contributed by atoms with Crippen molar-refractivity contribution in [2.24, 2.45) is 0 Å². The molecule has 2 aromatic rings. The fourth-order valence-corrected chi connectivity index (χ4v) is 3.09. The van der Waals surface area contributed by atoms with Crippen molar-refractivity contribution in [2.45, 2.75) is 18.9 Å². The van der Waals surface area contributed by atoms with Crippen molar-refractivity contribution in [2.75, 3.05) is 20.2 Å². The molecule has 6 nitrogen and oxygen atoms in total. The Labute approximate surface area is 164 Å². The smallest absolute Gasteiger partial charge is 0.328 e. The van der Waals surface area contributed by atoms with Crippen molar-refractivity contribution in [3.63, 3.8) is 0 Å². The Morgan fingerprint density at radius 3 is 2.04 bits per heavy atom. The van der Waals surface area contributed by atoms with Crippen LogP contribution in [0, 0.1) is 0 Å². The topological polar surface area (TPSA) is 103 Å². The lowest BCUT2D eigenvalue weighted by molar-refractivity contribution is -0.629. The summed E-state index contributed by atoms with van der Waals surface area (Å²) in [6, 6.07) is 17.4. The second-order valence-corrected chi connectivity index (χ2v) is 6.34. The third-order valence-electron chi connectivity index (χ3n) is 4.39. The van der Waals surface area contributed by atoms with E-state index in [1.54, 1.807) is 0 Å². The maximum absolute atomic E-state index is 9.53. The van der Waals surface area contributed by atoms with Gasteiger partial charge in [-0.3, -0.25) is 0 Å². The molecule has 1 aliphatic rings. The van der Waals surface area contributed by atoms with Gasteiger partial charge in [-0.25, -0.2) is 4.79 Å². The summed E-state index contributed by atoms with van der Waals surface area (Å²) in [4.78, 5) is 19.0. The monoisotopic (exact) mass is 383 g/mol. The fraction of sp³-hybridized carbons (Fsp3) is 0.273. The molecule has 0 bridgehead atoms. The van der Waals surface area contributed by atoms with Gasteiger partial charge in [-0.05, 0) is 41.2 Å². The first kappa shape index (κ1) is 21.3. The van der Waals surface area contributed by atoms with Gasteiger partial charge in [0.25, 0.3) is 0 Å². The quantitative estimate of drug-likeness (QED) is 0.557. The highest BCUT2D eigenvalue weighted by Gasteiger charge is 2.23. The van der Waals surface area contributed by atoms with Crippen molar-refractivity contribution in [1.29, 1.82) is 0 Å². The lowest BCUT2D eigenvalue weighted by Crippen LogP contribution is -2.80. The minimum Gasteiger partial charge on any atom is -0.545 e. The van der Waals surface area contributed by atoms with E-state index in [1.165, 1.54) is 22.3 Å². The Balaban J connectivity index is 0.000000300. The van der Waals surface area contributed by atoms with Crippen LogP contribution in [0.2, 0.25) is 0 Å². The molecule has 0 fully saturated rings. The van der Waals surface area contributed by atoms with Gasteiger partial charge in [-0.15, -0.1) is 0 Å². The number of nitrogens with two attached hydrogens (primary N) is 1. The first-order chi connectivity index (χ1) is 13.5. The number of likely N-dealkylation sites (N-methyl/N-ethyl adjacent to an activating group) is 1. The first-order valence-electron chi connectivity index (χ1n) is 9.20. The van der Waals surface area contributed by atoms with Gasteiger partial charge in [-0.1, -0.05) is 48.5 Å². The number of carbonyl (C=O) groups excluding carboxylic acids is 1. The number of aryl methyl sites for hydroxylation is 2. The molecule has 0 heterocycles. The van der Waals surface area contributed by atoms with E-state index in [4.69, 9.17) is 9.84 Å². The molecule has 1 aliphatic carbocycles. The number of fused-ring (bicyclic) bond motifs is 2. The summed E-state index contributed by atoms with van der Waals surface area (Å²) in [5, 5.41) is 19.4. The molecule has 0 radical (unpaired) electrons. The highest BCUT2D eigenvalue weighted by molar-refractivity contribution is 5.88. The van der Waals surface area contributed by atoms with Crippen LogP contribution in [0.5, 0.6) is 0 Å². The molecule has 6 heteroatoms. The number of carbonyl (C=O) groups is 2. The third-order valence-corrected chi connectivity index (χ3v) is 4.39. The molecule has 148 valence electrons. The molecule has 0 spiro atoms. The summed E-state index contributed by atoms with van der Waals surface area (Å²) in [6.45, 7) is 1.78. The predicted molar refractivity (Wildman–Crippen MR) is 103 cm³/mol. The van der Waals surface area contributed by atoms with Crippen LogP contribution in [0.3, 0.4) is 0 Å². The predicted octanol–water partition coefficient (Wildman–Crippen LogP) is 0.462. The Hall–Kier alpha value is -2.96. The van der Waals surface area contributed by atoms with E-state index >= 15 is 0 Å². The van der Waals surface area contributed by atoms with Crippen LogP contribution < -0.4 is 10.4 Å². The van der Waals surface area contributed by atoms with Crippen LogP contribution in [-0.4, -0.2) is 37.2 Å². The SMILES string of the molecule is C[NH2+]CCOC1c2ccccc2CCc2ccccc21.O=C([O-])/C=C\C(=O)O. The zero-order chi connectivity index (χ0) is 20.4. The van der Waals surface area contributed by atoms with E-state index in [-0.39, 0.29) is 6.10 Å². The van der Waals surface area contributed by atoms with E-state index < -0.39 is 11.9 Å². The Kier molecular flexibility index (Phi) is 8.39. The number of aliphatic carboxylic acids is 2. The van der Waals surface area contributed by atoms with Crippen molar-refractivity contribution >= 4 is 11.9 Å². The average molecular weight is 383 g/mol. The highest BCUT2D eigenvalue weighted by atomic mass is 16.5. The third kappa shape index (κ3) is 6.33. The van der Waals surface area contributed by atoms with Crippen molar-refractivity contribution < 1.29 is 29.9 Å². The molecule has 0 aromatic heterocycles. The molecule has 3 N–H and O–H groups in total. The number of carboxylic acid groups (broad SMARTS) is 2. The van der Waals surface area contributed by atoms with E-state index in [1.807, 2.05) is 0 Å². The number of carboxylic acids is 2. The summed E-state index contributed by atoms with van der Waals surface area (Å²) in [6.07, 6.45) is 3.24. The van der Waals surface area contributed by atoms with Gasteiger partial charge in [-0.2, -0.15) is 0 Å². The first-order valence-corrected chi connectivity index (χ1v) is 9.20. The average Bonchev–Trinajstić information content (AvgIpc) is 2.85. The standard InChI is InChI=1S/C18H21NO.C4H4O4/c1-19-12-13-20-18-16-8-4-2-6-14(16)10-11-15-7-3-5-9-17(15)18;5-3(6)1-2-4(7)8/h2-9,18-19H,10-13H2,1H3;1-2H,(H,5,6)(H,7,8)/b;2-1-. The van der Waals surface area contributed by atoms with Gasteiger partial charge >= 0.3 is 5.97 Å². The molecule has 0 saturated carbocycles. The molecular formula is C22H25NO5. The largest absolute Gasteiger partial charge is 0.545 e. The highest BCUT2D eigenvalue weighted by Crippen LogP contribution is 2.34. The number of quaternary nitrogens is 1. The zero-order valence-electron chi connectivity index (χ0n) is 15.8. The van der Waals surface area contributed by atoms with Crippen LogP contribution in [-0.2, 0) is 27.2 Å². The van der Waals surface area contributed by atoms with Crippen molar-refractivity contribution in [3.8, 4) is 0 Å². The Morgan fingerprint density at radius 2 is 1.61 bits per heavy atom. The normalized spacial score (nSPS) is 13.0. The molecule has 0 unspecified atom stereocenters. The maximum atomic E-state index is 9.53.